The van der Waals surface area contributed by atoms with Crippen LogP contribution in [0.4, 0.5) is 11.6 Å². The van der Waals surface area contributed by atoms with Gasteiger partial charge in [-0.05, 0) is 32.3 Å². The molecule has 1 aromatic carbocycles. The second-order valence-electron chi connectivity index (χ2n) is 5.10. The Balaban J connectivity index is 1.97. The molecular formula is C15H17Cl2N5O. The number of nitrogens with zero attached hydrogens (tertiary/aromatic N) is 3. The molecule has 23 heavy (non-hydrogen) atoms. The van der Waals surface area contributed by atoms with Gasteiger partial charge in [-0.25, -0.2) is 9.97 Å². The van der Waals surface area contributed by atoms with Crippen LogP contribution >= 0.6 is 23.2 Å². The van der Waals surface area contributed by atoms with E-state index in [0.29, 0.717) is 27.2 Å². The second-order valence-corrected chi connectivity index (χ2v) is 5.95. The zero-order chi connectivity index (χ0) is 16.8. The molecular weight excluding hydrogens is 337 g/mol. The molecule has 1 heterocycles. The van der Waals surface area contributed by atoms with Crippen molar-refractivity contribution in [3.8, 4) is 0 Å². The van der Waals surface area contributed by atoms with Gasteiger partial charge in [-0.15, -0.1) is 0 Å². The van der Waals surface area contributed by atoms with Gasteiger partial charge in [0.1, 0.15) is 0 Å². The first-order valence-electron chi connectivity index (χ1n) is 6.93. The summed E-state index contributed by atoms with van der Waals surface area (Å²) < 4.78 is 0. The van der Waals surface area contributed by atoms with Crippen molar-refractivity contribution in [2.75, 3.05) is 37.8 Å². The minimum absolute atomic E-state index is 0.339. The number of hydrogen-bond donors (Lipinski definition) is 2. The van der Waals surface area contributed by atoms with Gasteiger partial charge < -0.3 is 15.5 Å². The van der Waals surface area contributed by atoms with Crippen molar-refractivity contribution in [2.45, 2.75) is 0 Å². The number of anilines is 2. The third kappa shape index (κ3) is 5.35. The Hall–Kier alpha value is -1.89. The van der Waals surface area contributed by atoms with Crippen molar-refractivity contribution < 1.29 is 4.79 Å². The number of nitrogens with one attached hydrogen (secondary N) is 2. The van der Waals surface area contributed by atoms with Gasteiger partial charge in [-0.1, -0.05) is 23.2 Å². The monoisotopic (exact) mass is 353 g/mol. The molecule has 122 valence electrons. The molecule has 0 aliphatic carbocycles. The predicted molar refractivity (Wildman–Crippen MR) is 93.5 cm³/mol. The van der Waals surface area contributed by atoms with Crippen LogP contribution in [0.15, 0.2) is 30.6 Å². The summed E-state index contributed by atoms with van der Waals surface area (Å²) in [7, 11) is 3.97. The van der Waals surface area contributed by atoms with Crippen LogP contribution in [0.1, 0.15) is 10.4 Å². The smallest absolute Gasteiger partial charge is 0.258 e. The zero-order valence-corrected chi connectivity index (χ0v) is 14.3. The Labute approximate surface area is 144 Å². The normalized spacial score (nSPS) is 10.7. The zero-order valence-electron chi connectivity index (χ0n) is 12.8. The van der Waals surface area contributed by atoms with E-state index in [4.69, 9.17) is 23.2 Å². The molecule has 2 rings (SSSR count). The van der Waals surface area contributed by atoms with E-state index in [0.717, 1.165) is 13.1 Å². The number of amides is 1. The maximum absolute atomic E-state index is 12.2. The van der Waals surface area contributed by atoms with Crippen LogP contribution in [-0.2, 0) is 0 Å². The number of likely N-dealkylation sites (N-methyl/N-ethyl adjacent to an activating group) is 1. The van der Waals surface area contributed by atoms with Crippen molar-refractivity contribution in [2.24, 2.45) is 0 Å². The predicted octanol–water partition coefficient (Wildman–Crippen LogP) is 3.01. The highest BCUT2D eigenvalue weighted by molar-refractivity contribution is 6.36. The van der Waals surface area contributed by atoms with Gasteiger partial charge in [-0.3, -0.25) is 4.79 Å². The topological polar surface area (TPSA) is 70.2 Å². The van der Waals surface area contributed by atoms with Gasteiger partial charge >= 0.3 is 0 Å². The first kappa shape index (κ1) is 17.5. The standard InChI is InChI=1S/C15H17Cl2N5O/c1-22(2)6-5-18-15-19-8-10(9-20-15)14(23)21-13-4-3-11(16)7-12(13)17/h3-4,7-9H,5-6H2,1-2H3,(H,21,23)(H,18,19,20). The molecule has 1 aromatic heterocycles. The van der Waals surface area contributed by atoms with Crippen molar-refractivity contribution in [1.29, 1.82) is 0 Å². The fourth-order valence-corrected chi connectivity index (χ4v) is 2.17. The lowest BCUT2D eigenvalue weighted by Crippen LogP contribution is -2.21. The number of carbonyl (C=O) groups is 1. The minimum Gasteiger partial charge on any atom is -0.353 e. The quantitative estimate of drug-likeness (QED) is 0.835. The summed E-state index contributed by atoms with van der Waals surface area (Å²) in [4.78, 5) is 22.4. The second kappa shape index (κ2) is 8.10. The van der Waals surface area contributed by atoms with Crippen molar-refractivity contribution in [3.63, 3.8) is 0 Å². The molecule has 0 radical (unpaired) electrons. The van der Waals surface area contributed by atoms with Crippen LogP contribution in [0.5, 0.6) is 0 Å². The van der Waals surface area contributed by atoms with E-state index >= 15 is 0 Å². The van der Waals surface area contributed by atoms with Crippen molar-refractivity contribution >= 4 is 40.7 Å². The number of carbonyl (C=O) groups excluding carboxylic acids is 1. The molecule has 0 aliphatic rings. The number of halogens is 2. The lowest BCUT2D eigenvalue weighted by atomic mass is 10.2. The Morgan fingerprint density at radius 3 is 2.52 bits per heavy atom. The van der Waals surface area contributed by atoms with Crippen LogP contribution in [0, 0.1) is 0 Å². The fourth-order valence-electron chi connectivity index (χ4n) is 1.71. The fraction of sp³-hybridized carbons (Fsp3) is 0.267. The maximum atomic E-state index is 12.2. The van der Waals surface area contributed by atoms with E-state index in [1.54, 1.807) is 18.2 Å². The molecule has 0 aliphatic heterocycles. The summed E-state index contributed by atoms with van der Waals surface area (Å²) in [6.07, 6.45) is 2.92. The molecule has 0 saturated heterocycles. The van der Waals surface area contributed by atoms with Crippen LogP contribution in [-0.4, -0.2) is 48.0 Å². The third-order valence-electron chi connectivity index (χ3n) is 2.94. The van der Waals surface area contributed by atoms with E-state index in [1.165, 1.54) is 12.4 Å². The first-order valence-corrected chi connectivity index (χ1v) is 7.68. The molecule has 1 amide bonds. The average Bonchev–Trinajstić information content (AvgIpc) is 2.50. The van der Waals surface area contributed by atoms with Crippen molar-refractivity contribution in [3.05, 3.63) is 46.2 Å². The average molecular weight is 354 g/mol. The lowest BCUT2D eigenvalue weighted by molar-refractivity contribution is 0.102. The Kier molecular flexibility index (Phi) is 6.15. The molecule has 0 fully saturated rings. The molecule has 0 saturated carbocycles. The van der Waals surface area contributed by atoms with E-state index in [-0.39, 0.29) is 5.91 Å². The van der Waals surface area contributed by atoms with Gasteiger partial charge in [0, 0.05) is 30.5 Å². The summed E-state index contributed by atoms with van der Waals surface area (Å²) in [5.41, 5.74) is 0.823. The summed E-state index contributed by atoms with van der Waals surface area (Å²) in [5, 5.41) is 6.64. The largest absolute Gasteiger partial charge is 0.353 e. The molecule has 0 atom stereocenters. The molecule has 0 bridgehead atoms. The Morgan fingerprint density at radius 1 is 1.22 bits per heavy atom. The summed E-state index contributed by atoms with van der Waals surface area (Å²) >= 11 is 11.8. The van der Waals surface area contributed by atoms with Crippen molar-refractivity contribution in [1.82, 2.24) is 14.9 Å². The van der Waals surface area contributed by atoms with Crippen LogP contribution in [0.25, 0.3) is 0 Å². The van der Waals surface area contributed by atoms with Gasteiger partial charge in [0.25, 0.3) is 5.91 Å². The van der Waals surface area contributed by atoms with Gasteiger partial charge in [0.2, 0.25) is 5.95 Å². The molecule has 2 aromatic rings. The molecule has 0 unspecified atom stereocenters. The third-order valence-corrected chi connectivity index (χ3v) is 3.48. The van der Waals surface area contributed by atoms with E-state index in [9.17, 15) is 4.79 Å². The lowest BCUT2D eigenvalue weighted by Gasteiger charge is -2.10. The number of rotatable bonds is 6. The van der Waals surface area contributed by atoms with E-state index < -0.39 is 0 Å². The Morgan fingerprint density at radius 2 is 1.91 bits per heavy atom. The summed E-state index contributed by atoms with van der Waals surface area (Å²) in [6, 6.07) is 4.85. The highest BCUT2D eigenvalue weighted by Crippen LogP contribution is 2.25. The SMILES string of the molecule is CN(C)CCNc1ncc(C(=O)Nc2ccc(Cl)cc2Cl)cn1. The molecule has 6 nitrogen and oxygen atoms in total. The minimum atomic E-state index is -0.339. The Bertz CT molecular complexity index is 676. The van der Waals surface area contributed by atoms with E-state index in [1.807, 2.05) is 19.0 Å². The molecule has 0 spiro atoms. The van der Waals surface area contributed by atoms with Gasteiger partial charge in [0.15, 0.2) is 0 Å². The van der Waals surface area contributed by atoms with Gasteiger partial charge in [-0.2, -0.15) is 0 Å². The summed E-state index contributed by atoms with van der Waals surface area (Å²) in [6.45, 7) is 1.58. The van der Waals surface area contributed by atoms with Crippen LogP contribution in [0.3, 0.4) is 0 Å². The maximum Gasteiger partial charge on any atom is 0.258 e. The number of aromatic nitrogens is 2. The highest BCUT2D eigenvalue weighted by atomic mass is 35.5. The number of hydrogen-bond acceptors (Lipinski definition) is 5. The number of benzene rings is 1. The van der Waals surface area contributed by atoms with Crippen LogP contribution in [0.2, 0.25) is 10.0 Å². The summed E-state index contributed by atoms with van der Waals surface area (Å²) in [5.74, 6) is 0.141. The van der Waals surface area contributed by atoms with Gasteiger partial charge in [0.05, 0.1) is 16.3 Å². The highest BCUT2D eigenvalue weighted by Gasteiger charge is 2.10. The molecule has 8 heteroatoms. The van der Waals surface area contributed by atoms with Crippen LogP contribution < -0.4 is 10.6 Å². The molecule has 2 N–H and O–H groups in total. The van der Waals surface area contributed by atoms with E-state index in [2.05, 4.69) is 20.6 Å². The first-order chi connectivity index (χ1) is 11.0.